The highest BCUT2D eigenvalue weighted by Crippen LogP contribution is 2.22. The minimum atomic E-state index is -0.388. The van der Waals surface area contributed by atoms with Gasteiger partial charge in [0.2, 0.25) is 11.8 Å². The maximum atomic E-state index is 12.8. The number of H-pyrrole nitrogens is 1. The third-order valence-corrected chi connectivity index (χ3v) is 6.28. The van der Waals surface area contributed by atoms with Crippen LogP contribution in [0.4, 0.5) is 5.69 Å². The number of carbonyl (C=O) groups is 3. The van der Waals surface area contributed by atoms with Gasteiger partial charge in [-0.25, -0.2) is 4.98 Å². The maximum Gasteiger partial charge on any atom is 0.251 e. The number of hydrogen-bond acceptors (Lipinski definition) is 4. The normalized spacial score (nSPS) is 14.1. The van der Waals surface area contributed by atoms with Gasteiger partial charge in [-0.1, -0.05) is 42.5 Å². The van der Waals surface area contributed by atoms with Gasteiger partial charge in [-0.3, -0.25) is 14.4 Å². The smallest absolute Gasteiger partial charge is 0.251 e. The number of aromatic amines is 1. The van der Waals surface area contributed by atoms with Crippen LogP contribution in [0.5, 0.6) is 0 Å². The molecule has 2 heterocycles. The molecular weight excluding hydrogens is 454 g/mol. The Bertz CT molecular complexity index is 1350. The van der Waals surface area contributed by atoms with Crippen LogP contribution in [0.3, 0.4) is 0 Å². The van der Waals surface area contributed by atoms with Gasteiger partial charge in [0.25, 0.3) is 5.91 Å². The second-order valence-corrected chi connectivity index (χ2v) is 8.83. The molecule has 3 aromatic carbocycles. The van der Waals surface area contributed by atoms with Crippen molar-refractivity contribution in [2.45, 2.75) is 25.3 Å². The fourth-order valence-corrected chi connectivity index (χ4v) is 4.43. The number of fused-ring (bicyclic) bond motifs is 1. The van der Waals surface area contributed by atoms with Crippen LogP contribution in [-0.2, 0) is 16.0 Å². The molecule has 0 unspecified atom stereocenters. The lowest BCUT2D eigenvalue weighted by Gasteiger charge is -2.18. The van der Waals surface area contributed by atoms with Crippen LogP contribution >= 0.6 is 0 Å². The van der Waals surface area contributed by atoms with Crippen LogP contribution in [0.25, 0.3) is 11.0 Å². The monoisotopic (exact) mass is 481 g/mol. The highest BCUT2D eigenvalue weighted by molar-refractivity contribution is 5.98. The van der Waals surface area contributed by atoms with Gasteiger partial charge in [0.15, 0.2) is 0 Å². The first-order valence-electron chi connectivity index (χ1n) is 12.0. The fourth-order valence-electron chi connectivity index (χ4n) is 4.43. The van der Waals surface area contributed by atoms with Crippen molar-refractivity contribution in [3.05, 3.63) is 95.8 Å². The van der Waals surface area contributed by atoms with E-state index in [1.807, 2.05) is 54.6 Å². The van der Waals surface area contributed by atoms with Gasteiger partial charge >= 0.3 is 0 Å². The molecule has 5 rings (SSSR count). The molecule has 1 aliphatic rings. The number of amides is 3. The zero-order valence-corrected chi connectivity index (χ0v) is 19.7. The largest absolute Gasteiger partial charge is 0.344 e. The lowest BCUT2D eigenvalue weighted by Crippen LogP contribution is -2.39. The third kappa shape index (κ3) is 5.27. The molecule has 1 aromatic heterocycles. The molecule has 1 fully saturated rings. The van der Waals surface area contributed by atoms with Gasteiger partial charge in [0.05, 0.1) is 23.6 Å². The molecule has 4 aromatic rings. The van der Waals surface area contributed by atoms with E-state index >= 15 is 0 Å². The highest BCUT2D eigenvalue weighted by atomic mass is 16.2. The van der Waals surface area contributed by atoms with E-state index < -0.39 is 0 Å². The summed E-state index contributed by atoms with van der Waals surface area (Å²) in [6.45, 7) is 0.524. The van der Waals surface area contributed by atoms with Crippen LogP contribution in [0.1, 0.15) is 40.6 Å². The van der Waals surface area contributed by atoms with Crippen molar-refractivity contribution in [1.29, 1.82) is 0 Å². The summed E-state index contributed by atoms with van der Waals surface area (Å²) in [6.07, 6.45) is 1.95. The first kappa shape index (κ1) is 23.3. The van der Waals surface area contributed by atoms with Crippen molar-refractivity contribution in [3.8, 4) is 0 Å². The Kier molecular flexibility index (Phi) is 6.75. The van der Waals surface area contributed by atoms with Crippen molar-refractivity contribution in [2.24, 2.45) is 0 Å². The summed E-state index contributed by atoms with van der Waals surface area (Å²) in [5, 5.41) is 5.69. The predicted molar refractivity (Wildman–Crippen MR) is 137 cm³/mol. The Morgan fingerprint density at radius 3 is 2.44 bits per heavy atom. The lowest BCUT2D eigenvalue weighted by atomic mass is 10.1. The number of nitrogens with zero attached hydrogens (tertiary/aromatic N) is 2. The summed E-state index contributed by atoms with van der Waals surface area (Å²) in [4.78, 5) is 47.1. The van der Waals surface area contributed by atoms with Gasteiger partial charge in [-0.05, 0) is 54.8 Å². The number of nitrogens with one attached hydrogen (secondary N) is 3. The molecule has 182 valence electrons. The van der Waals surface area contributed by atoms with Gasteiger partial charge in [-0.15, -0.1) is 0 Å². The van der Waals surface area contributed by atoms with Crippen molar-refractivity contribution < 1.29 is 14.4 Å². The van der Waals surface area contributed by atoms with Crippen LogP contribution in [0.15, 0.2) is 78.9 Å². The van der Waals surface area contributed by atoms with Crippen molar-refractivity contribution in [2.75, 3.05) is 18.0 Å². The van der Waals surface area contributed by atoms with Crippen molar-refractivity contribution >= 4 is 34.4 Å². The molecule has 8 nitrogen and oxygen atoms in total. The molecular formula is C28H27N5O3. The van der Waals surface area contributed by atoms with Gasteiger partial charge < -0.3 is 20.5 Å². The van der Waals surface area contributed by atoms with Crippen LogP contribution < -0.4 is 15.5 Å². The number of benzene rings is 3. The summed E-state index contributed by atoms with van der Waals surface area (Å²) >= 11 is 0. The number of aromatic nitrogens is 2. The van der Waals surface area contributed by atoms with Gasteiger partial charge in [0.1, 0.15) is 5.82 Å². The standard InChI is InChI=1S/C28H27N5O3/c34-25(18-29-28(36)20-12-14-21(15-13-20)33-16-6-11-26(33)35)30-24(17-19-7-2-1-3-8-19)27-31-22-9-4-5-10-23(22)32-27/h1-5,7-10,12-15,24H,6,11,16-18H2,(H,29,36)(H,30,34)(H,31,32)/t24-/m1/s1. The quantitative estimate of drug-likeness (QED) is 0.358. The Hall–Kier alpha value is -4.46. The molecule has 3 amide bonds. The third-order valence-electron chi connectivity index (χ3n) is 6.28. The minimum absolute atomic E-state index is 0.0957. The Morgan fingerprint density at radius 2 is 1.72 bits per heavy atom. The summed E-state index contributed by atoms with van der Waals surface area (Å²) in [5.41, 5.74) is 3.99. The summed E-state index contributed by atoms with van der Waals surface area (Å²) in [5.74, 6) is 0.0852. The van der Waals surface area contributed by atoms with E-state index in [1.54, 1.807) is 29.2 Å². The van der Waals surface area contributed by atoms with Crippen molar-refractivity contribution in [1.82, 2.24) is 20.6 Å². The molecule has 1 atom stereocenters. The summed E-state index contributed by atoms with van der Waals surface area (Å²) < 4.78 is 0. The molecule has 8 heteroatoms. The molecule has 0 saturated carbocycles. The SMILES string of the molecule is O=C(CNC(=O)c1ccc(N2CCCC2=O)cc1)N[C@H](Cc1ccccc1)c1nc2ccccc2[nH]1. The summed E-state index contributed by atoms with van der Waals surface area (Å²) in [6, 6.07) is 24.0. The molecule has 1 saturated heterocycles. The molecule has 0 bridgehead atoms. The first-order valence-corrected chi connectivity index (χ1v) is 12.0. The zero-order valence-electron chi connectivity index (χ0n) is 19.7. The number of anilines is 1. The van der Waals surface area contributed by atoms with Gasteiger partial charge in [0, 0.05) is 24.2 Å². The number of imidazole rings is 1. The average molecular weight is 482 g/mol. The Balaban J connectivity index is 1.23. The van der Waals surface area contributed by atoms with Crippen LogP contribution in [0.2, 0.25) is 0 Å². The van der Waals surface area contributed by atoms with E-state index in [-0.39, 0.29) is 30.3 Å². The molecule has 0 aliphatic carbocycles. The minimum Gasteiger partial charge on any atom is -0.344 e. The topological polar surface area (TPSA) is 107 Å². The Morgan fingerprint density at radius 1 is 0.972 bits per heavy atom. The zero-order chi connectivity index (χ0) is 24.9. The number of hydrogen-bond donors (Lipinski definition) is 3. The van der Waals surface area contributed by atoms with E-state index in [1.165, 1.54) is 0 Å². The number of carbonyl (C=O) groups excluding carboxylic acids is 3. The molecule has 0 spiro atoms. The maximum absolute atomic E-state index is 12.8. The van der Waals surface area contributed by atoms with E-state index in [0.29, 0.717) is 30.8 Å². The van der Waals surface area contributed by atoms with Crippen LogP contribution in [-0.4, -0.2) is 40.8 Å². The number of para-hydroxylation sites is 2. The van der Waals surface area contributed by atoms with E-state index in [4.69, 9.17) is 0 Å². The lowest BCUT2D eigenvalue weighted by molar-refractivity contribution is -0.121. The predicted octanol–water partition coefficient (Wildman–Crippen LogP) is 3.52. The highest BCUT2D eigenvalue weighted by Gasteiger charge is 2.22. The van der Waals surface area contributed by atoms with E-state index in [2.05, 4.69) is 20.6 Å². The molecule has 36 heavy (non-hydrogen) atoms. The summed E-state index contributed by atoms with van der Waals surface area (Å²) in [7, 11) is 0. The number of rotatable bonds is 8. The van der Waals surface area contributed by atoms with E-state index in [9.17, 15) is 14.4 Å². The molecule has 1 aliphatic heterocycles. The Labute approximate surface area is 208 Å². The van der Waals surface area contributed by atoms with Crippen molar-refractivity contribution in [3.63, 3.8) is 0 Å². The van der Waals surface area contributed by atoms with Gasteiger partial charge in [-0.2, -0.15) is 0 Å². The fraction of sp³-hybridized carbons (Fsp3) is 0.214. The molecule has 3 N–H and O–H groups in total. The second-order valence-electron chi connectivity index (χ2n) is 8.83. The molecule has 0 radical (unpaired) electrons. The average Bonchev–Trinajstić information content (AvgIpc) is 3.54. The van der Waals surface area contributed by atoms with Crippen LogP contribution in [0, 0.1) is 0 Å². The second kappa shape index (κ2) is 10.4. The van der Waals surface area contributed by atoms with E-state index in [0.717, 1.165) is 28.7 Å². The first-order chi connectivity index (χ1) is 17.6.